The summed E-state index contributed by atoms with van der Waals surface area (Å²) in [4.78, 5) is 0. The molecule has 1 N–H and O–H groups in total. The number of halogens is 1. The van der Waals surface area contributed by atoms with E-state index in [1.165, 1.54) is 0 Å². The van der Waals surface area contributed by atoms with Crippen LogP contribution in [0.15, 0.2) is 53.0 Å². The molecule has 94 valence electrons. The topological polar surface area (TPSA) is 29.5 Å². The SMILES string of the molecule is CC(C)(O)c1ccccc1Oc1ccc(Br)cc1. The van der Waals surface area contributed by atoms with Gasteiger partial charge in [-0.25, -0.2) is 0 Å². The van der Waals surface area contributed by atoms with Gasteiger partial charge in [0.2, 0.25) is 0 Å². The molecule has 18 heavy (non-hydrogen) atoms. The van der Waals surface area contributed by atoms with Gasteiger partial charge in [0.1, 0.15) is 11.5 Å². The van der Waals surface area contributed by atoms with E-state index < -0.39 is 5.60 Å². The lowest BCUT2D eigenvalue weighted by molar-refractivity contribution is 0.0762. The minimum atomic E-state index is -0.925. The first kappa shape index (κ1) is 13.1. The molecule has 0 fully saturated rings. The zero-order valence-corrected chi connectivity index (χ0v) is 11.9. The third-order valence-corrected chi connectivity index (χ3v) is 3.12. The zero-order valence-electron chi connectivity index (χ0n) is 10.4. The van der Waals surface area contributed by atoms with Crippen LogP contribution in [-0.2, 0) is 5.60 Å². The van der Waals surface area contributed by atoms with Gasteiger partial charge in [0.25, 0.3) is 0 Å². The van der Waals surface area contributed by atoms with Gasteiger partial charge >= 0.3 is 0 Å². The first-order chi connectivity index (χ1) is 8.47. The second-order valence-corrected chi connectivity index (χ2v) is 5.53. The summed E-state index contributed by atoms with van der Waals surface area (Å²) in [5.41, 5.74) is -0.153. The molecule has 2 nitrogen and oxygen atoms in total. The highest BCUT2D eigenvalue weighted by Crippen LogP contribution is 2.32. The van der Waals surface area contributed by atoms with Gasteiger partial charge in [-0.2, -0.15) is 0 Å². The van der Waals surface area contributed by atoms with Gasteiger partial charge in [-0.15, -0.1) is 0 Å². The van der Waals surface area contributed by atoms with Gasteiger partial charge in [0.15, 0.2) is 0 Å². The smallest absolute Gasteiger partial charge is 0.133 e. The highest BCUT2D eigenvalue weighted by Gasteiger charge is 2.20. The molecule has 0 radical (unpaired) electrons. The van der Waals surface area contributed by atoms with Crippen molar-refractivity contribution < 1.29 is 9.84 Å². The number of rotatable bonds is 3. The van der Waals surface area contributed by atoms with Crippen molar-refractivity contribution in [2.24, 2.45) is 0 Å². The quantitative estimate of drug-likeness (QED) is 0.906. The molecular weight excluding hydrogens is 292 g/mol. The van der Waals surface area contributed by atoms with Crippen LogP contribution in [0, 0.1) is 0 Å². The van der Waals surface area contributed by atoms with Gasteiger partial charge in [-0.05, 0) is 44.2 Å². The Morgan fingerprint density at radius 1 is 1.00 bits per heavy atom. The van der Waals surface area contributed by atoms with Crippen LogP contribution in [0.3, 0.4) is 0 Å². The van der Waals surface area contributed by atoms with E-state index in [1.54, 1.807) is 13.8 Å². The van der Waals surface area contributed by atoms with Crippen molar-refractivity contribution in [3.63, 3.8) is 0 Å². The molecule has 0 amide bonds. The predicted molar refractivity (Wildman–Crippen MR) is 75.9 cm³/mol. The van der Waals surface area contributed by atoms with Gasteiger partial charge in [-0.1, -0.05) is 34.1 Å². The molecule has 0 unspecified atom stereocenters. The summed E-state index contributed by atoms with van der Waals surface area (Å²) in [5, 5.41) is 10.1. The fraction of sp³-hybridized carbons (Fsp3) is 0.200. The van der Waals surface area contributed by atoms with E-state index in [4.69, 9.17) is 4.74 Å². The maximum atomic E-state index is 10.1. The second-order valence-electron chi connectivity index (χ2n) is 4.61. The van der Waals surface area contributed by atoms with E-state index in [-0.39, 0.29) is 0 Å². The van der Waals surface area contributed by atoms with Crippen molar-refractivity contribution in [3.8, 4) is 11.5 Å². The first-order valence-electron chi connectivity index (χ1n) is 5.72. The molecule has 0 aliphatic carbocycles. The lowest BCUT2D eigenvalue weighted by atomic mass is 9.97. The molecule has 0 aromatic heterocycles. The van der Waals surface area contributed by atoms with E-state index in [2.05, 4.69) is 15.9 Å². The van der Waals surface area contributed by atoms with Crippen LogP contribution >= 0.6 is 15.9 Å². The van der Waals surface area contributed by atoms with Crippen molar-refractivity contribution >= 4 is 15.9 Å². The Morgan fingerprint density at radius 3 is 2.22 bits per heavy atom. The van der Waals surface area contributed by atoms with Crippen molar-refractivity contribution in [1.29, 1.82) is 0 Å². The summed E-state index contributed by atoms with van der Waals surface area (Å²) >= 11 is 3.38. The normalized spacial score (nSPS) is 11.3. The number of hydrogen-bond donors (Lipinski definition) is 1. The Labute approximate surface area is 115 Å². The fourth-order valence-electron chi connectivity index (χ4n) is 1.69. The Morgan fingerprint density at radius 2 is 1.61 bits per heavy atom. The minimum Gasteiger partial charge on any atom is -0.457 e. The lowest BCUT2D eigenvalue weighted by Crippen LogP contribution is -2.16. The molecule has 0 saturated heterocycles. The maximum absolute atomic E-state index is 10.1. The van der Waals surface area contributed by atoms with Crippen molar-refractivity contribution in [1.82, 2.24) is 0 Å². The average Bonchev–Trinajstić information content (AvgIpc) is 2.31. The number of aliphatic hydroxyl groups is 1. The number of hydrogen-bond acceptors (Lipinski definition) is 2. The van der Waals surface area contributed by atoms with Crippen molar-refractivity contribution in [2.45, 2.75) is 19.4 Å². The fourth-order valence-corrected chi connectivity index (χ4v) is 1.96. The van der Waals surface area contributed by atoms with Crippen LogP contribution < -0.4 is 4.74 Å². The van der Waals surface area contributed by atoms with Crippen LogP contribution in [0.25, 0.3) is 0 Å². The summed E-state index contributed by atoms with van der Waals surface area (Å²) in [6, 6.07) is 15.1. The molecule has 0 heterocycles. The molecule has 3 heteroatoms. The van der Waals surface area contributed by atoms with Gasteiger partial charge in [0.05, 0.1) is 5.60 Å². The Kier molecular flexibility index (Phi) is 3.73. The van der Waals surface area contributed by atoms with Crippen molar-refractivity contribution in [3.05, 3.63) is 58.6 Å². The monoisotopic (exact) mass is 306 g/mol. The van der Waals surface area contributed by atoms with Crippen LogP contribution in [-0.4, -0.2) is 5.11 Å². The Hall–Kier alpha value is -1.32. The van der Waals surface area contributed by atoms with E-state index >= 15 is 0 Å². The zero-order chi connectivity index (χ0) is 13.2. The van der Waals surface area contributed by atoms with Crippen LogP contribution in [0.4, 0.5) is 0 Å². The molecule has 2 rings (SSSR count). The lowest BCUT2D eigenvalue weighted by Gasteiger charge is -2.21. The van der Waals surface area contributed by atoms with Crippen molar-refractivity contribution in [2.75, 3.05) is 0 Å². The molecule has 0 aliphatic heterocycles. The van der Waals surface area contributed by atoms with Crippen LogP contribution in [0.5, 0.6) is 11.5 Å². The third-order valence-electron chi connectivity index (χ3n) is 2.59. The first-order valence-corrected chi connectivity index (χ1v) is 6.51. The van der Waals surface area contributed by atoms with E-state index in [0.29, 0.717) is 5.75 Å². The molecule has 0 bridgehead atoms. The molecular formula is C15H15BrO2. The average molecular weight is 307 g/mol. The number of para-hydroxylation sites is 1. The van der Waals surface area contributed by atoms with Gasteiger partial charge in [-0.3, -0.25) is 0 Å². The Balaban J connectivity index is 2.32. The van der Waals surface area contributed by atoms with E-state index in [1.807, 2.05) is 48.5 Å². The van der Waals surface area contributed by atoms with E-state index in [0.717, 1.165) is 15.8 Å². The minimum absolute atomic E-state index is 0.673. The summed E-state index contributed by atoms with van der Waals surface area (Å²) in [5.74, 6) is 1.42. The van der Waals surface area contributed by atoms with Crippen LogP contribution in [0.2, 0.25) is 0 Å². The Bertz CT molecular complexity index is 527. The molecule has 0 aliphatic rings. The number of ether oxygens (including phenoxy) is 1. The summed E-state index contributed by atoms with van der Waals surface area (Å²) < 4.78 is 6.82. The summed E-state index contributed by atoms with van der Waals surface area (Å²) in [6.07, 6.45) is 0. The highest BCUT2D eigenvalue weighted by atomic mass is 79.9. The summed E-state index contributed by atoms with van der Waals surface area (Å²) in [7, 11) is 0. The predicted octanol–water partition coefficient (Wildman–Crippen LogP) is 4.47. The molecule has 0 spiro atoms. The highest BCUT2D eigenvalue weighted by molar-refractivity contribution is 9.10. The maximum Gasteiger partial charge on any atom is 0.133 e. The third kappa shape index (κ3) is 3.12. The molecule has 0 atom stereocenters. The van der Waals surface area contributed by atoms with Gasteiger partial charge in [0, 0.05) is 10.0 Å². The largest absolute Gasteiger partial charge is 0.457 e. The summed E-state index contributed by atoms with van der Waals surface area (Å²) in [6.45, 7) is 3.49. The van der Waals surface area contributed by atoms with Crippen LogP contribution in [0.1, 0.15) is 19.4 Å². The number of benzene rings is 2. The molecule has 2 aromatic carbocycles. The molecule has 0 saturated carbocycles. The standard InChI is InChI=1S/C15H15BrO2/c1-15(2,17)13-5-3-4-6-14(13)18-12-9-7-11(16)8-10-12/h3-10,17H,1-2H3. The van der Waals surface area contributed by atoms with Gasteiger partial charge < -0.3 is 9.84 Å². The molecule has 2 aromatic rings. The second kappa shape index (κ2) is 5.12. The van der Waals surface area contributed by atoms with E-state index in [9.17, 15) is 5.11 Å².